The summed E-state index contributed by atoms with van der Waals surface area (Å²) < 4.78 is 0. The molecule has 0 unspecified atom stereocenters. The second-order valence-corrected chi connectivity index (χ2v) is 8.63. The van der Waals surface area contributed by atoms with Crippen molar-refractivity contribution in [2.75, 3.05) is 10.9 Å². The monoisotopic (exact) mass is 464 g/mol. The summed E-state index contributed by atoms with van der Waals surface area (Å²) in [7, 11) is 0. The normalized spacial score (nSPS) is 14.8. The molecule has 0 saturated heterocycles. The van der Waals surface area contributed by atoms with Gasteiger partial charge in [-0.2, -0.15) is 10.2 Å². The van der Waals surface area contributed by atoms with Crippen LogP contribution in [0.1, 0.15) is 11.1 Å². The van der Waals surface area contributed by atoms with Gasteiger partial charge in [0.05, 0.1) is 11.0 Å². The standard InChI is InChI=1S/C30H20N6/c1-3-13-24-19(7-1)15-17-26(31-24)33-35-29-22-11-5-9-21-10-6-12-23(28(21)22)30(29)36-34-27-18-16-20-8-2-4-14-25(20)32-27/h1-18H,(H,31,33)(H,32,34)/b35-29-,36-30+. The van der Waals surface area contributed by atoms with Crippen molar-refractivity contribution < 1.29 is 0 Å². The molecule has 170 valence electrons. The smallest absolute Gasteiger partial charge is 0.146 e. The van der Waals surface area contributed by atoms with Gasteiger partial charge in [-0.25, -0.2) is 9.97 Å². The lowest BCUT2D eigenvalue weighted by Crippen LogP contribution is -2.15. The number of pyridine rings is 2. The predicted molar refractivity (Wildman–Crippen MR) is 148 cm³/mol. The molecule has 6 aromatic rings. The molecule has 6 nitrogen and oxygen atoms in total. The van der Waals surface area contributed by atoms with Gasteiger partial charge in [0.2, 0.25) is 0 Å². The summed E-state index contributed by atoms with van der Waals surface area (Å²) in [6.45, 7) is 0. The fourth-order valence-electron chi connectivity index (χ4n) is 4.70. The van der Waals surface area contributed by atoms with Crippen LogP contribution < -0.4 is 10.9 Å². The van der Waals surface area contributed by atoms with Crippen molar-refractivity contribution >= 4 is 55.6 Å². The van der Waals surface area contributed by atoms with E-state index in [4.69, 9.17) is 20.2 Å². The zero-order valence-corrected chi connectivity index (χ0v) is 19.2. The average Bonchev–Trinajstić information content (AvgIpc) is 3.24. The van der Waals surface area contributed by atoms with Crippen molar-refractivity contribution in [1.29, 1.82) is 0 Å². The lowest BCUT2D eigenvalue weighted by atomic mass is 10.1. The highest BCUT2D eigenvalue weighted by atomic mass is 15.3. The van der Waals surface area contributed by atoms with Gasteiger partial charge < -0.3 is 0 Å². The third-order valence-electron chi connectivity index (χ3n) is 6.40. The minimum Gasteiger partial charge on any atom is -0.261 e. The molecule has 0 radical (unpaired) electrons. The zero-order chi connectivity index (χ0) is 23.9. The Balaban J connectivity index is 1.30. The first kappa shape index (κ1) is 20.3. The number of rotatable bonds is 4. The van der Waals surface area contributed by atoms with E-state index >= 15 is 0 Å². The summed E-state index contributed by atoms with van der Waals surface area (Å²) in [5.41, 5.74) is 11.7. The first-order chi connectivity index (χ1) is 17.8. The van der Waals surface area contributed by atoms with Gasteiger partial charge in [0.15, 0.2) is 0 Å². The van der Waals surface area contributed by atoms with Gasteiger partial charge in [0.1, 0.15) is 23.1 Å². The van der Waals surface area contributed by atoms with Crippen molar-refractivity contribution in [3.05, 3.63) is 120 Å². The summed E-state index contributed by atoms with van der Waals surface area (Å²) in [5, 5.41) is 14.1. The van der Waals surface area contributed by atoms with Crippen molar-refractivity contribution in [1.82, 2.24) is 9.97 Å². The second-order valence-electron chi connectivity index (χ2n) is 8.63. The maximum atomic E-state index is 4.80. The summed E-state index contributed by atoms with van der Waals surface area (Å²) in [6.07, 6.45) is 0. The summed E-state index contributed by atoms with van der Waals surface area (Å²) >= 11 is 0. The van der Waals surface area contributed by atoms with Crippen LogP contribution in [0, 0.1) is 0 Å². The summed E-state index contributed by atoms with van der Waals surface area (Å²) in [6, 6.07) is 36.5. The maximum Gasteiger partial charge on any atom is 0.146 e. The van der Waals surface area contributed by atoms with Crippen LogP contribution in [-0.4, -0.2) is 21.4 Å². The summed E-state index contributed by atoms with van der Waals surface area (Å²) in [5.74, 6) is 1.35. The highest BCUT2D eigenvalue weighted by Gasteiger charge is 2.27. The van der Waals surface area contributed by atoms with Gasteiger partial charge in [-0.05, 0) is 41.8 Å². The molecule has 0 aliphatic heterocycles. The minimum atomic E-state index is 0.674. The Bertz CT molecular complexity index is 1720. The quantitative estimate of drug-likeness (QED) is 0.289. The SMILES string of the molecule is c1ccc2nc(N/N=C3\C(=N\Nc4ccc5ccccc5n4)c4cccc5cccc3c45)ccc2c1. The third kappa shape index (κ3) is 3.44. The fourth-order valence-corrected chi connectivity index (χ4v) is 4.70. The van der Waals surface area contributed by atoms with E-state index in [9.17, 15) is 0 Å². The Hall–Kier alpha value is -5.10. The van der Waals surface area contributed by atoms with E-state index in [-0.39, 0.29) is 0 Å². The molecule has 2 heterocycles. The first-order valence-corrected chi connectivity index (χ1v) is 11.8. The van der Waals surface area contributed by atoms with Gasteiger partial charge >= 0.3 is 0 Å². The molecule has 0 saturated carbocycles. The van der Waals surface area contributed by atoms with E-state index in [1.807, 2.05) is 84.9 Å². The Morgan fingerprint density at radius 3 is 1.44 bits per heavy atom. The largest absolute Gasteiger partial charge is 0.261 e. The zero-order valence-electron chi connectivity index (χ0n) is 19.2. The number of hydrogen-bond donors (Lipinski definition) is 2. The van der Waals surface area contributed by atoms with Crippen LogP contribution in [0.4, 0.5) is 11.6 Å². The fraction of sp³-hybridized carbons (Fsp3) is 0. The maximum absolute atomic E-state index is 4.80. The van der Waals surface area contributed by atoms with Crippen LogP contribution in [0.15, 0.2) is 119 Å². The highest BCUT2D eigenvalue weighted by Crippen LogP contribution is 2.32. The van der Waals surface area contributed by atoms with E-state index in [0.29, 0.717) is 11.6 Å². The van der Waals surface area contributed by atoms with E-state index < -0.39 is 0 Å². The van der Waals surface area contributed by atoms with E-state index in [0.717, 1.165) is 55.1 Å². The Morgan fingerprint density at radius 1 is 0.444 bits per heavy atom. The number of aromatic nitrogens is 2. The van der Waals surface area contributed by atoms with Gasteiger partial charge in [0.25, 0.3) is 0 Å². The topological polar surface area (TPSA) is 74.6 Å². The molecule has 0 amide bonds. The first-order valence-electron chi connectivity index (χ1n) is 11.8. The molecule has 0 fully saturated rings. The molecule has 0 spiro atoms. The molecule has 7 rings (SSSR count). The molecule has 1 aliphatic rings. The molecule has 2 aromatic heterocycles. The molecule has 6 heteroatoms. The molecule has 0 atom stereocenters. The van der Waals surface area contributed by atoms with Crippen molar-refractivity contribution in [2.45, 2.75) is 0 Å². The van der Waals surface area contributed by atoms with Gasteiger partial charge in [-0.15, -0.1) is 0 Å². The predicted octanol–water partition coefficient (Wildman–Crippen LogP) is 6.58. The molecule has 36 heavy (non-hydrogen) atoms. The molecule has 2 N–H and O–H groups in total. The molecular formula is C30H20N6. The van der Waals surface area contributed by atoms with Crippen LogP contribution in [-0.2, 0) is 0 Å². The van der Waals surface area contributed by atoms with Gasteiger partial charge in [-0.1, -0.05) is 72.8 Å². The van der Waals surface area contributed by atoms with Crippen molar-refractivity contribution in [3.8, 4) is 0 Å². The Morgan fingerprint density at radius 2 is 0.917 bits per heavy atom. The summed E-state index contributed by atoms with van der Waals surface area (Å²) in [4.78, 5) is 9.40. The van der Waals surface area contributed by atoms with Crippen molar-refractivity contribution in [3.63, 3.8) is 0 Å². The third-order valence-corrected chi connectivity index (χ3v) is 6.40. The molecule has 0 bridgehead atoms. The van der Waals surface area contributed by atoms with Crippen LogP contribution in [0.5, 0.6) is 0 Å². The number of fused-ring (bicyclic) bond motifs is 2. The van der Waals surface area contributed by atoms with Gasteiger partial charge in [0, 0.05) is 27.3 Å². The minimum absolute atomic E-state index is 0.674. The molecule has 1 aliphatic carbocycles. The van der Waals surface area contributed by atoms with Crippen molar-refractivity contribution in [2.24, 2.45) is 10.2 Å². The average molecular weight is 465 g/mol. The number of hydrogen-bond acceptors (Lipinski definition) is 6. The Kier molecular flexibility index (Phi) is 4.67. The molecular weight excluding hydrogens is 444 g/mol. The lowest BCUT2D eigenvalue weighted by molar-refractivity contribution is 1.25. The van der Waals surface area contributed by atoms with E-state index in [1.165, 1.54) is 0 Å². The van der Waals surface area contributed by atoms with Crippen LogP contribution in [0.25, 0.3) is 32.6 Å². The number of nitrogens with one attached hydrogen (secondary N) is 2. The molecule has 4 aromatic carbocycles. The van der Waals surface area contributed by atoms with E-state index in [2.05, 4.69) is 35.1 Å². The highest BCUT2D eigenvalue weighted by molar-refractivity contribution is 6.61. The van der Waals surface area contributed by atoms with Gasteiger partial charge in [-0.3, -0.25) is 10.9 Å². The van der Waals surface area contributed by atoms with Crippen LogP contribution in [0.3, 0.4) is 0 Å². The van der Waals surface area contributed by atoms with Crippen LogP contribution >= 0.6 is 0 Å². The number of para-hydroxylation sites is 2. The second kappa shape index (κ2) is 8.29. The number of nitrogens with zero attached hydrogens (tertiary/aromatic N) is 4. The van der Waals surface area contributed by atoms with Crippen LogP contribution in [0.2, 0.25) is 0 Å². The Labute approximate surface area is 207 Å². The number of anilines is 2. The number of hydrazone groups is 2. The van der Waals surface area contributed by atoms with E-state index in [1.54, 1.807) is 0 Å². The number of benzene rings is 4. The lowest BCUT2D eigenvalue weighted by Gasteiger charge is -2.07.